The molecule has 0 radical (unpaired) electrons. The highest BCUT2D eigenvalue weighted by Gasteiger charge is 2.30. The Morgan fingerprint density at radius 3 is 1.80 bits per heavy atom. The fourth-order valence-corrected chi connectivity index (χ4v) is 1.98. The lowest BCUT2D eigenvalue weighted by Gasteiger charge is -2.29. The number of rotatable bonds is 11. The summed E-state index contributed by atoms with van der Waals surface area (Å²) in [4.78, 5) is 25.9. The summed E-state index contributed by atoms with van der Waals surface area (Å²) >= 11 is 0. The Morgan fingerprint density at radius 2 is 1.40 bits per heavy atom. The van der Waals surface area contributed by atoms with Crippen LogP contribution < -0.4 is 0 Å². The van der Waals surface area contributed by atoms with E-state index >= 15 is 0 Å². The molecule has 0 bridgehead atoms. The molecule has 0 N–H and O–H groups in total. The number of hydrogen-bond donors (Lipinski definition) is 0. The molecule has 0 aliphatic rings. The monoisotopic (exact) mass is 353 g/mol. The van der Waals surface area contributed by atoms with Gasteiger partial charge < -0.3 is 14.4 Å². The Kier molecular flexibility index (Phi) is 11.7. The smallest absolute Gasteiger partial charge is 0.413 e. The van der Waals surface area contributed by atoms with Gasteiger partial charge in [-0.05, 0) is 25.7 Å². The van der Waals surface area contributed by atoms with Crippen LogP contribution in [0, 0.1) is 5.92 Å². The normalized spacial score (nSPS) is 12.1. The van der Waals surface area contributed by atoms with Crippen LogP contribution in [-0.4, -0.2) is 35.8 Å². The van der Waals surface area contributed by atoms with Crippen molar-refractivity contribution in [2.45, 2.75) is 73.0 Å². The summed E-state index contributed by atoms with van der Waals surface area (Å²) in [5.74, 6) is -1.94. The third kappa shape index (κ3) is 11.4. The maximum Gasteiger partial charge on any atom is 0.413 e. The van der Waals surface area contributed by atoms with Crippen LogP contribution in [0.15, 0.2) is 24.3 Å². The highest BCUT2D eigenvalue weighted by atomic mass is 16.7. The molecule has 0 spiro atoms. The zero-order valence-corrected chi connectivity index (χ0v) is 16.7. The molecule has 0 aliphatic heterocycles. The van der Waals surface area contributed by atoms with Crippen LogP contribution in [0.5, 0.6) is 0 Å². The standard InChI is InChI=1S/C20H35NO4/c1-7-9-11-13-15-21(16-14-12-10-8-2)19(23)25-20(5,6)24-18(22)17(3)4/h9-12,17H,7-8,13-16H2,1-6H3/b11-9+,12-10+. The fourth-order valence-electron chi connectivity index (χ4n) is 1.98. The summed E-state index contributed by atoms with van der Waals surface area (Å²) in [6.45, 7) is 11.9. The van der Waals surface area contributed by atoms with Gasteiger partial charge in [-0.15, -0.1) is 0 Å². The second-order valence-electron chi connectivity index (χ2n) is 6.67. The average molecular weight is 354 g/mol. The Hall–Kier alpha value is -1.78. The summed E-state index contributed by atoms with van der Waals surface area (Å²) in [5.41, 5.74) is 0. The van der Waals surface area contributed by atoms with E-state index in [9.17, 15) is 9.59 Å². The van der Waals surface area contributed by atoms with Crippen LogP contribution in [0.25, 0.3) is 0 Å². The molecule has 0 heterocycles. The summed E-state index contributed by atoms with van der Waals surface area (Å²) in [5, 5.41) is 0. The number of hydrogen-bond acceptors (Lipinski definition) is 4. The van der Waals surface area contributed by atoms with Gasteiger partial charge in [-0.3, -0.25) is 4.79 Å². The number of carbonyl (C=O) groups is 2. The molecule has 5 nitrogen and oxygen atoms in total. The number of allylic oxidation sites excluding steroid dienone is 2. The van der Waals surface area contributed by atoms with E-state index in [1.54, 1.807) is 32.6 Å². The van der Waals surface area contributed by atoms with Gasteiger partial charge in [0, 0.05) is 26.9 Å². The van der Waals surface area contributed by atoms with E-state index in [0.29, 0.717) is 13.1 Å². The lowest BCUT2D eigenvalue weighted by atomic mass is 10.2. The van der Waals surface area contributed by atoms with E-state index in [2.05, 4.69) is 38.2 Å². The number of esters is 1. The first kappa shape index (κ1) is 23.2. The average Bonchev–Trinajstić information content (AvgIpc) is 2.52. The van der Waals surface area contributed by atoms with Crippen LogP contribution >= 0.6 is 0 Å². The van der Waals surface area contributed by atoms with Gasteiger partial charge in [-0.2, -0.15) is 0 Å². The quantitative estimate of drug-likeness (QED) is 0.295. The van der Waals surface area contributed by atoms with Gasteiger partial charge in [0.15, 0.2) is 0 Å². The molecular weight excluding hydrogens is 318 g/mol. The molecule has 0 aromatic heterocycles. The lowest BCUT2D eigenvalue weighted by Crippen LogP contribution is -2.41. The summed E-state index contributed by atoms with van der Waals surface area (Å²) in [7, 11) is 0. The van der Waals surface area contributed by atoms with Gasteiger partial charge in [0.25, 0.3) is 5.79 Å². The number of ether oxygens (including phenoxy) is 2. The minimum absolute atomic E-state index is 0.271. The third-order valence-electron chi connectivity index (χ3n) is 3.35. The topological polar surface area (TPSA) is 55.8 Å². The summed E-state index contributed by atoms with van der Waals surface area (Å²) in [6.07, 6.45) is 11.3. The van der Waals surface area contributed by atoms with Crippen LogP contribution in [0.4, 0.5) is 4.79 Å². The highest BCUT2D eigenvalue weighted by Crippen LogP contribution is 2.16. The van der Waals surface area contributed by atoms with E-state index in [0.717, 1.165) is 25.7 Å². The first-order valence-electron chi connectivity index (χ1n) is 9.24. The molecule has 0 atom stereocenters. The SMILES string of the molecule is CC/C=C/CCN(CC/C=C/CC)C(=O)OC(C)(C)OC(=O)C(C)C. The molecular formula is C20H35NO4. The number of nitrogens with zero attached hydrogens (tertiary/aromatic N) is 1. The maximum absolute atomic E-state index is 12.5. The van der Waals surface area contributed by atoms with E-state index in [4.69, 9.17) is 9.47 Å². The highest BCUT2D eigenvalue weighted by molar-refractivity contribution is 5.72. The van der Waals surface area contributed by atoms with Gasteiger partial charge in [0.2, 0.25) is 0 Å². The second-order valence-corrected chi connectivity index (χ2v) is 6.67. The zero-order chi connectivity index (χ0) is 19.3. The van der Waals surface area contributed by atoms with Crippen molar-refractivity contribution in [1.29, 1.82) is 0 Å². The molecule has 0 unspecified atom stereocenters. The van der Waals surface area contributed by atoms with Crippen LogP contribution in [-0.2, 0) is 14.3 Å². The summed E-state index contributed by atoms with van der Waals surface area (Å²) in [6, 6.07) is 0. The van der Waals surface area contributed by atoms with E-state index < -0.39 is 11.9 Å². The molecule has 0 rings (SSSR count). The van der Waals surface area contributed by atoms with E-state index in [-0.39, 0.29) is 11.9 Å². The van der Waals surface area contributed by atoms with E-state index in [1.807, 2.05) is 0 Å². The van der Waals surface area contributed by atoms with Gasteiger partial charge in [-0.25, -0.2) is 4.79 Å². The molecule has 0 aliphatic carbocycles. The molecule has 144 valence electrons. The van der Waals surface area contributed by atoms with Crippen LogP contribution in [0.1, 0.15) is 67.2 Å². The Balaban J connectivity index is 4.77. The minimum atomic E-state index is -1.28. The zero-order valence-electron chi connectivity index (χ0n) is 16.7. The third-order valence-corrected chi connectivity index (χ3v) is 3.35. The van der Waals surface area contributed by atoms with Crippen molar-refractivity contribution in [3.63, 3.8) is 0 Å². The maximum atomic E-state index is 12.5. The molecule has 0 aromatic carbocycles. The van der Waals surface area contributed by atoms with Crippen molar-refractivity contribution in [1.82, 2.24) is 4.90 Å². The lowest BCUT2D eigenvalue weighted by molar-refractivity contribution is -0.200. The van der Waals surface area contributed by atoms with Gasteiger partial charge in [0.1, 0.15) is 0 Å². The van der Waals surface area contributed by atoms with Gasteiger partial charge in [0.05, 0.1) is 5.92 Å². The van der Waals surface area contributed by atoms with Crippen LogP contribution in [0.2, 0.25) is 0 Å². The molecule has 0 aromatic rings. The number of amides is 1. The van der Waals surface area contributed by atoms with Crippen molar-refractivity contribution in [3.8, 4) is 0 Å². The van der Waals surface area contributed by atoms with E-state index in [1.165, 1.54) is 0 Å². The van der Waals surface area contributed by atoms with Crippen molar-refractivity contribution in [2.75, 3.05) is 13.1 Å². The second kappa shape index (κ2) is 12.6. The molecule has 25 heavy (non-hydrogen) atoms. The van der Waals surface area contributed by atoms with Crippen molar-refractivity contribution in [2.24, 2.45) is 5.92 Å². The first-order chi connectivity index (χ1) is 11.7. The summed E-state index contributed by atoms with van der Waals surface area (Å²) < 4.78 is 10.7. The Labute approximate surface area is 153 Å². The molecule has 5 heteroatoms. The van der Waals surface area contributed by atoms with Crippen molar-refractivity contribution in [3.05, 3.63) is 24.3 Å². The molecule has 0 saturated heterocycles. The first-order valence-corrected chi connectivity index (χ1v) is 9.24. The van der Waals surface area contributed by atoms with Crippen molar-refractivity contribution < 1.29 is 19.1 Å². The molecule has 0 saturated carbocycles. The predicted molar refractivity (Wildman–Crippen MR) is 101 cm³/mol. The van der Waals surface area contributed by atoms with Crippen molar-refractivity contribution >= 4 is 12.1 Å². The fraction of sp³-hybridized carbons (Fsp3) is 0.700. The molecule has 1 amide bonds. The minimum Gasteiger partial charge on any atom is -0.423 e. The molecule has 0 fully saturated rings. The van der Waals surface area contributed by atoms with Gasteiger partial charge >= 0.3 is 12.1 Å². The van der Waals surface area contributed by atoms with Gasteiger partial charge in [-0.1, -0.05) is 52.0 Å². The Morgan fingerprint density at radius 1 is 0.920 bits per heavy atom. The Bertz CT molecular complexity index is 435. The predicted octanol–water partition coefficient (Wildman–Crippen LogP) is 5.07. The largest absolute Gasteiger partial charge is 0.423 e. The number of carbonyl (C=O) groups excluding carboxylic acids is 2. The van der Waals surface area contributed by atoms with Crippen LogP contribution in [0.3, 0.4) is 0 Å².